The van der Waals surface area contributed by atoms with Crippen LogP contribution in [0.15, 0.2) is 18.2 Å². The summed E-state index contributed by atoms with van der Waals surface area (Å²) in [5.41, 5.74) is -0.630. The molecule has 1 aliphatic heterocycles. The molecule has 1 atom stereocenters. The molecule has 1 N–H and O–H groups in total. The van der Waals surface area contributed by atoms with Gasteiger partial charge in [-0.2, -0.15) is 13.2 Å². The van der Waals surface area contributed by atoms with Gasteiger partial charge in [-0.3, -0.25) is 4.79 Å². The van der Waals surface area contributed by atoms with Crippen molar-refractivity contribution < 1.29 is 18.0 Å². The van der Waals surface area contributed by atoms with E-state index >= 15 is 0 Å². The second-order valence-corrected chi connectivity index (χ2v) is 4.91. The number of likely N-dealkylation sites (tertiary alicyclic amines) is 1. The normalized spacial score (nSPS) is 19.9. The smallest absolute Gasteiger partial charge is 0.374 e. The van der Waals surface area contributed by atoms with Crippen molar-refractivity contribution in [2.24, 2.45) is 0 Å². The Bertz CT molecular complexity index is 504. The monoisotopic (exact) mass is 292 g/mol. The Hall–Kier alpha value is -1.43. The molecule has 1 fully saturated rings. The minimum Gasteiger partial charge on any atom is -0.374 e. The summed E-state index contributed by atoms with van der Waals surface area (Å²) in [5, 5.41) is 2.78. The van der Waals surface area contributed by atoms with Crippen LogP contribution in [0.4, 0.5) is 18.9 Å². The van der Waals surface area contributed by atoms with Gasteiger partial charge in [0.2, 0.25) is 5.91 Å². The maximum absolute atomic E-state index is 12.6. The molecule has 1 aliphatic rings. The first kappa shape index (κ1) is 14.0. The molecule has 3 nitrogen and oxygen atoms in total. The number of carbonyl (C=O) groups excluding carboxylic acids is 1. The molecular weight excluding hydrogens is 281 g/mol. The molecule has 0 spiro atoms. The standard InChI is InChI=1S/C12H12ClF3N2O/c1-18-3-2-10(11(18)19)17-9-5-7(12(14,15)16)4-8(13)6-9/h4-6,10,17H,2-3H2,1H3. The summed E-state index contributed by atoms with van der Waals surface area (Å²) >= 11 is 5.67. The number of hydrogen-bond donors (Lipinski definition) is 1. The first-order valence-corrected chi connectivity index (χ1v) is 6.04. The summed E-state index contributed by atoms with van der Waals surface area (Å²) in [6.45, 7) is 0.587. The zero-order chi connectivity index (χ0) is 14.2. The van der Waals surface area contributed by atoms with Crippen LogP contribution in [0, 0.1) is 0 Å². The molecule has 1 aromatic carbocycles. The fraction of sp³-hybridized carbons (Fsp3) is 0.417. The van der Waals surface area contributed by atoms with Gasteiger partial charge in [0.25, 0.3) is 0 Å². The van der Waals surface area contributed by atoms with E-state index in [0.29, 0.717) is 13.0 Å². The highest BCUT2D eigenvalue weighted by Crippen LogP contribution is 2.33. The van der Waals surface area contributed by atoms with E-state index < -0.39 is 17.8 Å². The predicted octanol–water partition coefficient (Wildman–Crippen LogP) is 3.00. The van der Waals surface area contributed by atoms with Crippen LogP contribution < -0.4 is 5.32 Å². The van der Waals surface area contributed by atoms with Crippen LogP contribution in [0.3, 0.4) is 0 Å². The van der Waals surface area contributed by atoms with Crippen LogP contribution in [-0.4, -0.2) is 30.4 Å². The van der Waals surface area contributed by atoms with Gasteiger partial charge >= 0.3 is 6.18 Å². The van der Waals surface area contributed by atoms with Crippen LogP contribution in [0.25, 0.3) is 0 Å². The van der Waals surface area contributed by atoms with Gasteiger partial charge in [-0.1, -0.05) is 11.6 Å². The number of alkyl halides is 3. The number of likely N-dealkylation sites (N-methyl/N-ethyl adjacent to an activating group) is 1. The van der Waals surface area contributed by atoms with E-state index in [1.807, 2.05) is 0 Å². The minimum absolute atomic E-state index is 0.0175. The Labute approximate surface area is 113 Å². The number of nitrogens with zero attached hydrogens (tertiary/aromatic N) is 1. The molecule has 1 aromatic rings. The summed E-state index contributed by atoms with van der Waals surface area (Å²) < 4.78 is 37.9. The van der Waals surface area contributed by atoms with Gasteiger partial charge in [0, 0.05) is 24.3 Å². The third kappa shape index (κ3) is 3.12. The largest absolute Gasteiger partial charge is 0.416 e. The summed E-state index contributed by atoms with van der Waals surface area (Å²) in [4.78, 5) is 13.2. The van der Waals surface area contributed by atoms with E-state index in [2.05, 4.69) is 5.32 Å². The number of hydrogen-bond acceptors (Lipinski definition) is 2. The zero-order valence-electron chi connectivity index (χ0n) is 10.1. The topological polar surface area (TPSA) is 32.3 Å². The SMILES string of the molecule is CN1CCC(Nc2cc(Cl)cc(C(F)(F)F)c2)C1=O. The average Bonchev–Trinajstić information content (AvgIpc) is 2.59. The number of anilines is 1. The molecule has 0 aromatic heterocycles. The number of carbonyl (C=O) groups is 1. The van der Waals surface area contributed by atoms with E-state index in [0.717, 1.165) is 12.1 Å². The van der Waals surface area contributed by atoms with Crippen LogP contribution in [0.5, 0.6) is 0 Å². The lowest BCUT2D eigenvalue weighted by Gasteiger charge is -2.15. The number of benzene rings is 1. The number of halogens is 4. The lowest BCUT2D eigenvalue weighted by Crippen LogP contribution is -2.31. The van der Waals surface area contributed by atoms with Crippen molar-refractivity contribution in [3.8, 4) is 0 Å². The van der Waals surface area contributed by atoms with Gasteiger partial charge in [-0.05, 0) is 24.6 Å². The first-order valence-electron chi connectivity index (χ1n) is 5.66. The highest BCUT2D eigenvalue weighted by Gasteiger charge is 2.32. The molecule has 1 unspecified atom stereocenters. The molecule has 0 aliphatic carbocycles. The van der Waals surface area contributed by atoms with Gasteiger partial charge in [0.15, 0.2) is 0 Å². The van der Waals surface area contributed by atoms with Gasteiger partial charge in [0.1, 0.15) is 6.04 Å². The van der Waals surface area contributed by atoms with E-state index in [9.17, 15) is 18.0 Å². The van der Waals surface area contributed by atoms with Crippen LogP contribution in [0.1, 0.15) is 12.0 Å². The van der Waals surface area contributed by atoms with Crippen molar-refractivity contribution in [2.75, 3.05) is 18.9 Å². The van der Waals surface area contributed by atoms with Gasteiger partial charge in [0.05, 0.1) is 5.56 Å². The predicted molar refractivity (Wildman–Crippen MR) is 66.1 cm³/mol. The second kappa shape index (κ2) is 4.92. The number of amides is 1. The van der Waals surface area contributed by atoms with Crippen LogP contribution in [-0.2, 0) is 11.0 Å². The van der Waals surface area contributed by atoms with Crippen LogP contribution >= 0.6 is 11.6 Å². The quantitative estimate of drug-likeness (QED) is 0.909. The molecule has 0 saturated carbocycles. The Morgan fingerprint density at radius 3 is 2.58 bits per heavy atom. The minimum atomic E-state index is -4.46. The van der Waals surface area contributed by atoms with E-state index in [1.165, 1.54) is 11.0 Å². The van der Waals surface area contributed by atoms with Crippen molar-refractivity contribution in [3.05, 3.63) is 28.8 Å². The van der Waals surface area contributed by atoms with Crippen molar-refractivity contribution >= 4 is 23.2 Å². The summed E-state index contributed by atoms with van der Waals surface area (Å²) in [5.74, 6) is -0.131. The maximum atomic E-state index is 12.6. The van der Waals surface area contributed by atoms with Crippen molar-refractivity contribution in [3.63, 3.8) is 0 Å². The van der Waals surface area contributed by atoms with Crippen molar-refractivity contribution in [1.82, 2.24) is 4.90 Å². The van der Waals surface area contributed by atoms with E-state index in [1.54, 1.807) is 7.05 Å². The lowest BCUT2D eigenvalue weighted by molar-refractivity contribution is -0.137. The fourth-order valence-corrected chi connectivity index (χ4v) is 2.23. The Balaban J connectivity index is 2.22. The molecule has 1 saturated heterocycles. The van der Waals surface area contributed by atoms with Gasteiger partial charge in [-0.15, -0.1) is 0 Å². The van der Waals surface area contributed by atoms with E-state index in [4.69, 9.17) is 11.6 Å². The molecule has 1 heterocycles. The van der Waals surface area contributed by atoms with Crippen molar-refractivity contribution in [1.29, 1.82) is 0 Å². The van der Waals surface area contributed by atoms with Crippen LogP contribution in [0.2, 0.25) is 5.02 Å². The molecule has 19 heavy (non-hydrogen) atoms. The highest BCUT2D eigenvalue weighted by atomic mass is 35.5. The first-order chi connectivity index (χ1) is 8.77. The average molecular weight is 293 g/mol. The molecule has 7 heteroatoms. The molecule has 104 valence electrons. The summed E-state index contributed by atoms with van der Waals surface area (Å²) in [7, 11) is 1.66. The van der Waals surface area contributed by atoms with Gasteiger partial charge in [-0.25, -0.2) is 0 Å². The third-order valence-electron chi connectivity index (χ3n) is 2.99. The Morgan fingerprint density at radius 1 is 1.37 bits per heavy atom. The lowest BCUT2D eigenvalue weighted by atomic mass is 10.1. The Kier molecular flexibility index (Phi) is 3.62. The van der Waals surface area contributed by atoms with Crippen molar-refractivity contribution in [2.45, 2.75) is 18.6 Å². The molecule has 0 radical (unpaired) electrons. The third-order valence-corrected chi connectivity index (χ3v) is 3.21. The summed E-state index contributed by atoms with van der Waals surface area (Å²) in [6.07, 6.45) is -3.90. The zero-order valence-corrected chi connectivity index (χ0v) is 10.8. The van der Waals surface area contributed by atoms with Gasteiger partial charge < -0.3 is 10.2 Å². The van der Waals surface area contributed by atoms with E-state index in [-0.39, 0.29) is 16.6 Å². The number of rotatable bonds is 2. The summed E-state index contributed by atoms with van der Waals surface area (Å²) in [6, 6.07) is 2.69. The Morgan fingerprint density at radius 2 is 2.05 bits per heavy atom. The molecule has 0 bridgehead atoms. The maximum Gasteiger partial charge on any atom is 0.416 e. The molecular formula is C12H12ClF3N2O. The highest BCUT2D eigenvalue weighted by molar-refractivity contribution is 6.31. The number of nitrogens with one attached hydrogen (secondary N) is 1. The fourth-order valence-electron chi connectivity index (χ4n) is 1.99. The second-order valence-electron chi connectivity index (χ2n) is 4.47. The molecule has 1 amide bonds. The molecule has 2 rings (SSSR count).